The summed E-state index contributed by atoms with van der Waals surface area (Å²) in [6.45, 7) is -0.00484. The van der Waals surface area contributed by atoms with Crippen molar-refractivity contribution in [3.8, 4) is 0 Å². The van der Waals surface area contributed by atoms with Crippen LogP contribution >= 0.6 is 11.6 Å². The largest absolute Gasteiger partial charge is 0.435 e. The molecular weight excluding hydrogens is 641 g/mol. The number of halogens is 12. The van der Waals surface area contributed by atoms with Crippen molar-refractivity contribution in [1.29, 1.82) is 0 Å². The van der Waals surface area contributed by atoms with Gasteiger partial charge < -0.3 is 10.2 Å². The average molecular weight is 659 g/mol. The quantitative estimate of drug-likeness (QED) is 0.258. The van der Waals surface area contributed by atoms with E-state index < -0.39 is 76.0 Å². The summed E-state index contributed by atoms with van der Waals surface area (Å²) in [6.07, 6.45) is -17.7. The summed E-state index contributed by atoms with van der Waals surface area (Å²) in [4.78, 5) is 27.3. The molecule has 0 saturated heterocycles. The number of benzene rings is 3. The van der Waals surface area contributed by atoms with Crippen LogP contribution in [0.5, 0.6) is 0 Å². The molecule has 1 aliphatic rings. The van der Waals surface area contributed by atoms with Gasteiger partial charge in [-0.1, -0.05) is 35.9 Å². The highest BCUT2D eigenvalue weighted by Crippen LogP contribution is 2.54. The number of hydrogen-bond acceptors (Lipinski definition) is 2. The number of anilines is 2. The zero-order valence-corrected chi connectivity index (χ0v) is 22.5. The Morgan fingerprint density at radius 1 is 0.818 bits per heavy atom. The molecule has 44 heavy (non-hydrogen) atoms. The van der Waals surface area contributed by atoms with E-state index in [-0.39, 0.29) is 35.2 Å². The minimum Gasteiger partial charge on any atom is -0.321 e. The summed E-state index contributed by atoms with van der Waals surface area (Å²) in [6, 6.07) is 7.89. The van der Waals surface area contributed by atoms with Crippen molar-refractivity contribution in [3.05, 3.63) is 93.8 Å². The first kappa shape index (κ1) is 33.0. The van der Waals surface area contributed by atoms with Gasteiger partial charge in [-0.2, -0.15) is 39.5 Å². The highest BCUT2D eigenvalue weighted by molar-refractivity contribution is 6.34. The van der Waals surface area contributed by atoms with Crippen LogP contribution in [0.2, 0.25) is 5.02 Å². The van der Waals surface area contributed by atoms with Gasteiger partial charge in [-0.25, -0.2) is 8.78 Å². The van der Waals surface area contributed by atoms with E-state index in [9.17, 15) is 53.5 Å². The van der Waals surface area contributed by atoms with Gasteiger partial charge in [-0.15, -0.1) is 0 Å². The SMILES string of the molecule is O=C(Nc1ccc(C(F)(C(F)(F)F)C(F)(F)F)cc1C(F)(F)F)c1cccc(N(CC2CC2)C(=O)c2ccccc2Cl)c1F. The highest BCUT2D eigenvalue weighted by Gasteiger charge is 2.73. The predicted octanol–water partition coefficient (Wildman–Crippen LogP) is 9.10. The minimum atomic E-state index is -6.70. The van der Waals surface area contributed by atoms with Gasteiger partial charge in [-0.05, 0) is 55.2 Å². The van der Waals surface area contributed by atoms with Crippen molar-refractivity contribution < 1.29 is 57.9 Å². The molecule has 0 spiro atoms. The molecule has 2 amide bonds. The fraction of sp³-hybridized carbons (Fsp3) is 0.286. The Bertz CT molecular complexity index is 1570. The Hall–Kier alpha value is -3.88. The Kier molecular flexibility index (Phi) is 8.68. The number of nitrogens with zero attached hydrogens (tertiary/aromatic N) is 1. The van der Waals surface area contributed by atoms with Crippen LogP contribution in [-0.2, 0) is 11.8 Å². The standard InChI is InChI=1S/C28H18ClF11N2O2/c29-19-6-2-1-4-16(19)24(44)42(13-14-8-9-14)21-7-3-5-17(22(21)30)23(43)41-20-11-10-15(12-18(20)26(32,33)34)25(31,27(35,36)37)28(38,39)40/h1-7,10-12,14H,8-9,13H2,(H,41,43). The summed E-state index contributed by atoms with van der Waals surface area (Å²) in [7, 11) is 0. The van der Waals surface area contributed by atoms with Crippen molar-refractivity contribution in [2.45, 2.75) is 37.0 Å². The molecule has 0 radical (unpaired) electrons. The Morgan fingerprint density at radius 2 is 1.41 bits per heavy atom. The van der Waals surface area contributed by atoms with Gasteiger partial charge in [0.2, 0.25) is 0 Å². The van der Waals surface area contributed by atoms with E-state index in [2.05, 4.69) is 0 Å². The van der Waals surface area contributed by atoms with Gasteiger partial charge >= 0.3 is 24.2 Å². The molecule has 0 bridgehead atoms. The maximum Gasteiger partial charge on any atom is 0.435 e. The molecule has 0 heterocycles. The number of carbonyl (C=O) groups excluding carboxylic acids is 2. The third-order valence-corrected chi connectivity index (χ3v) is 7.08. The van der Waals surface area contributed by atoms with E-state index in [0.29, 0.717) is 12.8 Å². The van der Waals surface area contributed by atoms with E-state index in [4.69, 9.17) is 11.6 Å². The van der Waals surface area contributed by atoms with Crippen LogP contribution < -0.4 is 10.2 Å². The molecule has 0 aromatic heterocycles. The topological polar surface area (TPSA) is 49.4 Å². The molecule has 1 aliphatic carbocycles. The molecule has 1 N–H and O–H groups in total. The lowest BCUT2D eigenvalue weighted by Crippen LogP contribution is -2.50. The molecule has 0 unspecified atom stereocenters. The predicted molar refractivity (Wildman–Crippen MR) is 137 cm³/mol. The van der Waals surface area contributed by atoms with E-state index in [1.54, 1.807) is 5.32 Å². The van der Waals surface area contributed by atoms with Crippen LogP contribution in [-0.4, -0.2) is 30.7 Å². The lowest BCUT2D eigenvalue weighted by Gasteiger charge is -2.31. The maximum atomic E-state index is 15.7. The minimum absolute atomic E-state index is 0.00484. The first-order valence-electron chi connectivity index (χ1n) is 12.5. The average Bonchev–Trinajstić information content (AvgIpc) is 3.74. The number of carbonyl (C=O) groups is 2. The van der Waals surface area contributed by atoms with E-state index in [1.807, 2.05) is 0 Å². The van der Waals surface area contributed by atoms with E-state index >= 15 is 4.39 Å². The lowest BCUT2D eigenvalue weighted by atomic mass is 9.92. The van der Waals surface area contributed by atoms with Crippen LogP contribution in [0.1, 0.15) is 44.7 Å². The number of alkyl halides is 10. The molecule has 1 fully saturated rings. The van der Waals surface area contributed by atoms with Gasteiger partial charge in [0.15, 0.2) is 5.82 Å². The number of amides is 2. The lowest BCUT2D eigenvalue weighted by molar-refractivity contribution is -0.348. The second kappa shape index (κ2) is 11.6. The van der Waals surface area contributed by atoms with Crippen molar-refractivity contribution in [2.24, 2.45) is 5.92 Å². The van der Waals surface area contributed by atoms with Gasteiger partial charge in [0.05, 0.1) is 33.1 Å². The normalized spacial score (nSPS) is 14.4. The highest BCUT2D eigenvalue weighted by atomic mass is 35.5. The molecular formula is C28H18ClF11N2O2. The summed E-state index contributed by atoms with van der Waals surface area (Å²) < 4.78 is 150. The fourth-order valence-electron chi connectivity index (χ4n) is 4.31. The van der Waals surface area contributed by atoms with Crippen molar-refractivity contribution in [2.75, 3.05) is 16.8 Å². The zero-order valence-electron chi connectivity index (χ0n) is 21.8. The van der Waals surface area contributed by atoms with Gasteiger partial charge in [0.1, 0.15) is 0 Å². The van der Waals surface area contributed by atoms with Crippen LogP contribution in [0.3, 0.4) is 0 Å². The second-order valence-electron chi connectivity index (χ2n) is 9.84. The fourth-order valence-corrected chi connectivity index (χ4v) is 4.53. The monoisotopic (exact) mass is 658 g/mol. The van der Waals surface area contributed by atoms with Crippen LogP contribution in [0, 0.1) is 11.7 Å². The second-order valence-corrected chi connectivity index (χ2v) is 10.3. The molecule has 3 aromatic rings. The maximum absolute atomic E-state index is 15.7. The van der Waals surface area contributed by atoms with Gasteiger partial charge in [-0.3, -0.25) is 9.59 Å². The first-order chi connectivity index (χ1) is 20.3. The number of nitrogens with one attached hydrogen (secondary N) is 1. The van der Waals surface area contributed by atoms with Gasteiger partial charge in [0.25, 0.3) is 11.8 Å². The molecule has 4 nitrogen and oxygen atoms in total. The summed E-state index contributed by atoms with van der Waals surface area (Å²) in [5, 5.41) is 1.64. The van der Waals surface area contributed by atoms with Crippen LogP contribution in [0.4, 0.5) is 59.7 Å². The number of rotatable bonds is 7. The Balaban J connectivity index is 1.73. The molecule has 0 aliphatic heterocycles. The Labute approximate surface area is 246 Å². The van der Waals surface area contributed by atoms with Crippen molar-refractivity contribution in [3.63, 3.8) is 0 Å². The summed E-state index contributed by atoms with van der Waals surface area (Å²) in [5.41, 5.74) is -13.6. The zero-order chi connectivity index (χ0) is 32.8. The van der Waals surface area contributed by atoms with E-state index in [0.717, 1.165) is 23.1 Å². The summed E-state index contributed by atoms with van der Waals surface area (Å²) >= 11 is 6.11. The molecule has 3 aromatic carbocycles. The van der Waals surface area contributed by atoms with E-state index in [1.165, 1.54) is 24.3 Å². The third kappa shape index (κ3) is 6.33. The summed E-state index contributed by atoms with van der Waals surface area (Å²) in [5.74, 6) is -3.74. The third-order valence-electron chi connectivity index (χ3n) is 6.75. The van der Waals surface area contributed by atoms with Crippen molar-refractivity contribution in [1.82, 2.24) is 0 Å². The molecule has 4 rings (SSSR count). The molecule has 236 valence electrons. The first-order valence-corrected chi connectivity index (χ1v) is 12.9. The van der Waals surface area contributed by atoms with Crippen LogP contribution in [0.25, 0.3) is 0 Å². The van der Waals surface area contributed by atoms with Crippen LogP contribution in [0.15, 0.2) is 60.7 Å². The molecule has 0 atom stereocenters. The number of hydrogen-bond donors (Lipinski definition) is 1. The van der Waals surface area contributed by atoms with Gasteiger partial charge in [0, 0.05) is 12.1 Å². The Morgan fingerprint density at radius 3 is 1.95 bits per heavy atom. The van der Waals surface area contributed by atoms with Crippen molar-refractivity contribution >= 4 is 34.8 Å². The molecule has 1 saturated carbocycles. The molecule has 16 heteroatoms. The smallest absolute Gasteiger partial charge is 0.321 e.